The van der Waals surface area contributed by atoms with Crippen molar-refractivity contribution < 1.29 is 32.7 Å². The Bertz CT molecular complexity index is 1440. The Labute approximate surface area is 257 Å². The lowest BCUT2D eigenvalue weighted by molar-refractivity contribution is -0.142. The molecule has 0 aliphatic carbocycles. The van der Waals surface area contributed by atoms with Gasteiger partial charge in [0.15, 0.2) is 11.7 Å². The highest BCUT2D eigenvalue weighted by Gasteiger charge is 2.40. The van der Waals surface area contributed by atoms with Crippen LogP contribution in [0.15, 0.2) is 64.5 Å². The van der Waals surface area contributed by atoms with E-state index in [0.717, 1.165) is 4.31 Å². The quantitative estimate of drug-likeness (QED) is 0.131. The molecule has 3 rings (SSSR count). The van der Waals surface area contributed by atoms with Gasteiger partial charge >= 0.3 is 5.97 Å². The summed E-state index contributed by atoms with van der Waals surface area (Å²) in [7, 11) is -3.93. The summed E-state index contributed by atoms with van der Waals surface area (Å²) in [5, 5.41) is 15.1. The van der Waals surface area contributed by atoms with Crippen LogP contribution in [-0.2, 0) is 42.0 Å². The molecule has 13 nitrogen and oxygen atoms in total. The highest BCUT2D eigenvalue weighted by atomic mass is 32.2. The van der Waals surface area contributed by atoms with Gasteiger partial charge in [0.25, 0.3) is 0 Å². The molecule has 3 atom stereocenters. The van der Waals surface area contributed by atoms with E-state index in [0.29, 0.717) is 24.0 Å². The van der Waals surface area contributed by atoms with Crippen molar-refractivity contribution in [1.82, 2.24) is 14.9 Å². The summed E-state index contributed by atoms with van der Waals surface area (Å²) in [6.45, 7) is 2.19. The maximum atomic E-state index is 13.1. The number of aliphatic imine (C=N–C) groups is 1. The number of benzene rings is 2. The molecule has 238 valence electrons. The SMILES string of the molecule is CCCC(=O)N[C@H](CCN=C(N)N)C(=O)Cc1ccc(C[C@H](NC(=O)[C@@H]2CCCN2S(=O)(=O)c2ccccc2)C(=O)O)cc1. The average molecular weight is 629 g/mol. The van der Waals surface area contributed by atoms with Crippen LogP contribution < -0.4 is 22.1 Å². The number of Topliss-reactive ketones (excluding diaryl/α,β-unsaturated/α-hetero) is 1. The number of nitrogens with zero attached hydrogens (tertiary/aromatic N) is 2. The van der Waals surface area contributed by atoms with Crippen molar-refractivity contribution in [2.75, 3.05) is 13.1 Å². The summed E-state index contributed by atoms with van der Waals surface area (Å²) in [5.41, 5.74) is 12.0. The van der Waals surface area contributed by atoms with Gasteiger partial charge in [-0.3, -0.25) is 19.4 Å². The first-order valence-electron chi connectivity index (χ1n) is 14.5. The number of nitrogens with one attached hydrogen (secondary N) is 2. The van der Waals surface area contributed by atoms with Gasteiger partial charge in [-0.1, -0.05) is 49.4 Å². The zero-order valence-corrected chi connectivity index (χ0v) is 25.5. The van der Waals surface area contributed by atoms with E-state index in [9.17, 15) is 32.7 Å². The van der Waals surface area contributed by atoms with Crippen molar-refractivity contribution >= 4 is 39.5 Å². The van der Waals surface area contributed by atoms with Gasteiger partial charge in [-0.2, -0.15) is 4.31 Å². The molecule has 2 aromatic rings. The molecule has 1 heterocycles. The first kappa shape index (κ1) is 34.2. The Hall–Kier alpha value is -4.30. The van der Waals surface area contributed by atoms with Crippen molar-refractivity contribution in [3.05, 3.63) is 65.7 Å². The summed E-state index contributed by atoms with van der Waals surface area (Å²) in [6.07, 6.45) is 1.86. The standard InChI is InChI=1S/C30H40N6O7S/c1-2-7-27(38)34-23(15-16-33-30(31)32)26(37)19-21-13-11-20(12-14-21)18-24(29(40)41)35-28(39)25-10-6-17-36(25)44(42,43)22-8-4-3-5-9-22/h3-5,8-9,11-14,23-25H,2,6-7,10,15-19H2,1H3,(H,34,38)(H,35,39)(H,40,41)(H4,31,32,33)/t23-,24+,25+/m1/s1. The van der Waals surface area contributed by atoms with Gasteiger partial charge in [-0.25, -0.2) is 13.2 Å². The Morgan fingerprint density at radius 2 is 1.66 bits per heavy atom. The summed E-state index contributed by atoms with van der Waals surface area (Å²) in [6, 6.07) is 11.4. The molecule has 44 heavy (non-hydrogen) atoms. The Kier molecular flexibility index (Phi) is 12.4. The van der Waals surface area contributed by atoms with E-state index in [4.69, 9.17) is 11.5 Å². The van der Waals surface area contributed by atoms with Crippen molar-refractivity contribution in [2.45, 2.75) is 74.9 Å². The molecule has 14 heteroatoms. The third-order valence-electron chi connectivity index (χ3n) is 7.22. The largest absolute Gasteiger partial charge is 0.480 e. The van der Waals surface area contributed by atoms with Crippen LogP contribution >= 0.6 is 0 Å². The summed E-state index contributed by atoms with van der Waals surface area (Å²) in [4.78, 5) is 54.3. The van der Waals surface area contributed by atoms with E-state index >= 15 is 0 Å². The zero-order valence-electron chi connectivity index (χ0n) is 24.6. The molecule has 7 N–H and O–H groups in total. The highest BCUT2D eigenvalue weighted by Crippen LogP contribution is 2.26. The number of hydrogen-bond donors (Lipinski definition) is 5. The number of carbonyl (C=O) groups excluding carboxylic acids is 3. The molecule has 0 radical (unpaired) electrons. The van der Waals surface area contributed by atoms with Crippen molar-refractivity contribution in [3.63, 3.8) is 0 Å². The molecule has 0 aromatic heterocycles. The molecule has 1 aliphatic rings. The molecule has 2 aromatic carbocycles. The number of aliphatic carboxylic acids is 1. The lowest BCUT2D eigenvalue weighted by atomic mass is 9.98. The van der Waals surface area contributed by atoms with E-state index in [1.807, 2.05) is 6.92 Å². The number of carboxylic acids is 1. The van der Waals surface area contributed by atoms with E-state index < -0.39 is 40.0 Å². The monoisotopic (exact) mass is 628 g/mol. The van der Waals surface area contributed by atoms with E-state index in [1.165, 1.54) is 12.1 Å². The topological polar surface area (TPSA) is 214 Å². The van der Waals surface area contributed by atoms with Crippen molar-refractivity contribution in [2.24, 2.45) is 16.5 Å². The van der Waals surface area contributed by atoms with Crippen LogP contribution in [0.2, 0.25) is 0 Å². The minimum absolute atomic E-state index is 0.0195. The van der Waals surface area contributed by atoms with Gasteiger partial charge in [-0.15, -0.1) is 0 Å². The van der Waals surface area contributed by atoms with Crippen LogP contribution in [0, 0.1) is 0 Å². The fraction of sp³-hybridized carbons (Fsp3) is 0.433. The van der Waals surface area contributed by atoms with Crippen molar-refractivity contribution in [3.8, 4) is 0 Å². The first-order chi connectivity index (χ1) is 20.9. The van der Waals surface area contributed by atoms with E-state index in [-0.39, 0.29) is 67.7 Å². The second-order valence-corrected chi connectivity index (χ2v) is 12.5. The molecule has 1 aliphatic heterocycles. The third kappa shape index (κ3) is 9.61. The second-order valence-electron chi connectivity index (χ2n) is 10.6. The predicted octanol–water partition coefficient (Wildman–Crippen LogP) is 0.712. The van der Waals surface area contributed by atoms with Gasteiger partial charge < -0.3 is 27.2 Å². The maximum Gasteiger partial charge on any atom is 0.326 e. The van der Waals surface area contributed by atoms with Crippen LogP contribution in [0.1, 0.15) is 50.2 Å². The second kappa shape index (κ2) is 16.0. The molecule has 0 saturated carbocycles. The number of sulfonamides is 1. The molecular weight excluding hydrogens is 588 g/mol. The number of nitrogens with two attached hydrogens (primary N) is 2. The lowest BCUT2D eigenvalue weighted by Gasteiger charge is -2.25. The molecule has 0 bridgehead atoms. The molecular formula is C30H40N6O7S. The van der Waals surface area contributed by atoms with Crippen LogP contribution in [0.4, 0.5) is 0 Å². The first-order valence-corrected chi connectivity index (χ1v) is 15.9. The van der Waals surface area contributed by atoms with E-state index in [1.54, 1.807) is 42.5 Å². The third-order valence-corrected chi connectivity index (χ3v) is 9.15. The average Bonchev–Trinajstić information content (AvgIpc) is 3.49. The molecule has 1 saturated heterocycles. The van der Waals surface area contributed by atoms with Crippen LogP contribution in [0.25, 0.3) is 0 Å². The number of hydrogen-bond acceptors (Lipinski definition) is 7. The van der Waals surface area contributed by atoms with Crippen molar-refractivity contribution in [1.29, 1.82) is 0 Å². The number of rotatable bonds is 16. The van der Waals surface area contributed by atoms with Gasteiger partial charge in [0.05, 0.1) is 10.9 Å². The maximum absolute atomic E-state index is 13.1. The molecule has 0 spiro atoms. The zero-order chi connectivity index (χ0) is 32.3. The minimum atomic E-state index is -3.93. The summed E-state index contributed by atoms with van der Waals surface area (Å²) in [5.74, 6) is -2.52. The normalized spacial score (nSPS) is 16.4. The van der Waals surface area contributed by atoms with Gasteiger partial charge in [-0.05, 0) is 48.9 Å². The molecule has 0 unspecified atom stereocenters. The molecule has 2 amide bonds. The highest BCUT2D eigenvalue weighted by molar-refractivity contribution is 7.89. The van der Waals surface area contributed by atoms with Crippen LogP contribution in [0.3, 0.4) is 0 Å². The Balaban J connectivity index is 1.64. The van der Waals surface area contributed by atoms with Gasteiger partial charge in [0.2, 0.25) is 21.8 Å². The summed E-state index contributed by atoms with van der Waals surface area (Å²) < 4.78 is 27.4. The number of ketones is 1. The Morgan fingerprint density at radius 3 is 2.27 bits per heavy atom. The van der Waals surface area contributed by atoms with Gasteiger partial charge in [0, 0.05) is 32.4 Å². The minimum Gasteiger partial charge on any atom is -0.480 e. The van der Waals surface area contributed by atoms with Crippen LogP contribution in [-0.4, -0.2) is 78.6 Å². The lowest BCUT2D eigenvalue weighted by Crippen LogP contribution is -2.51. The smallest absolute Gasteiger partial charge is 0.326 e. The number of carboxylic acid groups (broad SMARTS) is 1. The molecule has 1 fully saturated rings. The number of guanidine groups is 1. The summed E-state index contributed by atoms with van der Waals surface area (Å²) >= 11 is 0. The fourth-order valence-corrected chi connectivity index (χ4v) is 6.65. The Morgan fingerprint density at radius 1 is 1.00 bits per heavy atom. The number of amides is 2. The van der Waals surface area contributed by atoms with E-state index in [2.05, 4.69) is 15.6 Å². The fourth-order valence-electron chi connectivity index (χ4n) is 4.97. The predicted molar refractivity (Wildman–Crippen MR) is 164 cm³/mol. The van der Waals surface area contributed by atoms with Crippen LogP contribution in [0.5, 0.6) is 0 Å². The van der Waals surface area contributed by atoms with Gasteiger partial charge in [0.1, 0.15) is 12.1 Å². The number of carbonyl (C=O) groups is 4.